The van der Waals surface area contributed by atoms with Crippen molar-refractivity contribution in [1.29, 1.82) is 0 Å². The van der Waals surface area contributed by atoms with Gasteiger partial charge >= 0.3 is 5.97 Å². The number of nitrogens with one attached hydrogen (secondary N) is 1. The lowest BCUT2D eigenvalue weighted by Crippen LogP contribution is -2.29. The predicted molar refractivity (Wildman–Crippen MR) is 119 cm³/mol. The molecule has 1 N–H and O–H groups in total. The van der Waals surface area contributed by atoms with Crippen molar-refractivity contribution < 1.29 is 9.53 Å². The van der Waals surface area contributed by atoms with Crippen molar-refractivity contribution in [2.75, 3.05) is 11.9 Å². The van der Waals surface area contributed by atoms with Gasteiger partial charge in [-0.3, -0.25) is 0 Å². The summed E-state index contributed by atoms with van der Waals surface area (Å²) in [6.45, 7) is 3.93. The molecule has 1 aromatic heterocycles. The number of aromatic nitrogens is 3. The first-order valence-corrected chi connectivity index (χ1v) is 11.0. The maximum Gasteiger partial charge on any atom is 0.338 e. The molecule has 2 heterocycles. The van der Waals surface area contributed by atoms with E-state index in [-0.39, 0.29) is 5.97 Å². The Morgan fingerprint density at radius 1 is 1.23 bits per heavy atom. The van der Waals surface area contributed by atoms with E-state index in [0.29, 0.717) is 34.0 Å². The molecular formula is C22H21ClN4O2S. The van der Waals surface area contributed by atoms with Crippen LogP contribution < -0.4 is 5.32 Å². The van der Waals surface area contributed by atoms with E-state index in [0.717, 1.165) is 11.3 Å². The number of hydrogen-bond acceptors (Lipinski definition) is 6. The highest BCUT2D eigenvalue weighted by atomic mass is 35.5. The molecule has 1 aliphatic rings. The smallest absolute Gasteiger partial charge is 0.338 e. The van der Waals surface area contributed by atoms with Gasteiger partial charge in [0.15, 0.2) is 0 Å². The van der Waals surface area contributed by atoms with E-state index in [9.17, 15) is 4.79 Å². The van der Waals surface area contributed by atoms with E-state index in [2.05, 4.69) is 22.4 Å². The SMILES string of the molecule is CCOC(=O)C1=C(C)Nc2nc(SCc3ccccc3)nn2[C@H]1c1cccc(Cl)c1. The molecule has 0 radical (unpaired) electrons. The Labute approximate surface area is 184 Å². The quantitative estimate of drug-likeness (QED) is 0.426. The van der Waals surface area contributed by atoms with Crippen LogP contribution in [0.25, 0.3) is 0 Å². The van der Waals surface area contributed by atoms with Crippen molar-refractivity contribution in [3.63, 3.8) is 0 Å². The third-order valence-corrected chi connectivity index (χ3v) is 5.85. The topological polar surface area (TPSA) is 69.0 Å². The van der Waals surface area contributed by atoms with E-state index in [1.165, 1.54) is 5.56 Å². The number of carbonyl (C=O) groups is 1. The van der Waals surface area contributed by atoms with Crippen molar-refractivity contribution in [3.05, 3.63) is 82.0 Å². The fourth-order valence-corrected chi connectivity index (χ4v) is 4.36. The van der Waals surface area contributed by atoms with E-state index in [1.54, 1.807) is 29.4 Å². The maximum absolute atomic E-state index is 12.8. The number of esters is 1. The van der Waals surface area contributed by atoms with Crippen LogP contribution in [-0.2, 0) is 15.3 Å². The van der Waals surface area contributed by atoms with Gasteiger partial charge in [0, 0.05) is 16.5 Å². The van der Waals surface area contributed by atoms with Crippen LogP contribution in [0.1, 0.15) is 31.0 Å². The lowest BCUT2D eigenvalue weighted by Gasteiger charge is -2.28. The Morgan fingerprint density at radius 2 is 2.03 bits per heavy atom. The zero-order chi connectivity index (χ0) is 21.1. The van der Waals surface area contributed by atoms with Crippen LogP contribution in [0.2, 0.25) is 5.02 Å². The monoisotopic (exact) mass is 440 g/mol. The first kappa shape index (κ1) is 20.5. The average Bonchev–Trinajstić information content (AvgIpc) is 3.14. The van der Waals surface area contributed by atoms with Crippen molar-refractivity contribution in [2.24, 2.45) is 0 Å². The summed E-state index contributed by atoms with van der Waals surface area (Å²) < 4.78 is 7.06. The first-order chi connectivity index (χ1) is 14.6. The summed E-state index contributed by atoms with van der Waals surface area (Å²) >= 11 is 7.79. The average molecular weight is 441 g/mol. The number of nitrogens with zero attached hydrogens (tertiary/aromatic N) is 3. The number of fused-ring (bicyclic) bond motifs is 1. The molecule has 0 aliphatic carbocycles. The van der Waals surface area contributed by atoms with Crippen LogP contribution in [0, 0.1) is 0 Å². The molecule has 0 amide bonds. The summed E-state index contributed by atoms with van der Waals surface area (Å²) in [5.41, 5.74) is 3.22. The summed E-state index contributed by atoms with van der Waals surface area (Å²) in [5.74, 6) is 0.955. The predicted octanol–water partition coefficient (Wildman–Crippen LogP) is 5.08. The minimum absolute atomic E-state index is 0.292. The number of allylic oxidation sites excluding steroid dienone is 1. The van der Waals surface area contributed by atoms with E-state index < -0.39 is 6.04 Å². The molecule has 30 heavy (non-hydrogen) atoms. The molecule has 6 nitrogen and oxygen atoms in total. The highest BCUT2D eigenvalue weighted by molar-refractivity contribution is 7.98. The summed E-state index contributed by atoms with van der Waals surface area (Å²) in [6.07, 6.45) is 0. The summed E-state index contributed by atoms with van der Waals surface area (Å²) in [6, 6.07) is 17.1. The van der Waals surface area contributed by atoms with E-state index in [4.69, 9.17) is 21.4 Å². The Bertz CT molecular complexity index is 1100. The van der Waals surface area contributed by atoms with Gasteiger partial charge in [-0.1, -0.05) is 65.8 Å². The summed E-state index contributed by atoms with van der Waals surface area (Å²) in [5, 5.41) is 9.13. The van der Waals surface area contributed by atoms with Gasteiger partial charge in [0.25, 0.3) is 0 Å². The van der Waals surface area contributed by atoms with E-state index in [1.807, 2.05) is 43.3 Å². The number of carbonyl (C=O) groups excluding carboxylic acids is 1. The number of benzene rings is 2. The van der Waals surface area contributed by atoms with Crippen LogP contribution in [0.4, 0.5) is 5.95 Å². The zero-order valence-corrected chi connectivity index (χ0v) is 18.2. The van der Waals surface area contributed by atoms with Gasteiger partial charge in [-0.2, -0.15) is 4.98 Å². The van der Waals surface area contributed by atoms with Gasteiger partial charge in [0.05, 0.1) is 12.2 Å². The number of halogens is 1. The second-order valence-corrected chi connectivity index (χ2v) is 8.16. The van der Waals surface area contributed by atoms with Gasteiger partial charge in [-0.05, 0) is 37.1 Å². The molecule has 4 rings (SSSR count). The Balaban J connectivity index is 1.71. The van der Waals surface area contributed by atoms with Gasteiger partial charge < -0.3 is 10.1 Å². The van der Waals surface area contributed by atoms with Crippen molar-refractivity contribution >= 4 is 35.3 Å². The summed E-state index contributed by atoms with van der Waals surface area (Å²) in [4.78, 5) is 17.4. The standard InChI is InChI=1S/C22H21ClN4O2S/c1-3-29-20(28)18-14(2)24-21-25-22(30-13-15-8-5-4-6-9-15)26-27(21)19(18)16-10-7-11-17(23)12-16/h4-12,19H,3,13H2,1-2H3,(H,24,25,26)/t19-/m0/s1. The Morgan fingerprint density at radius 3 is 2.77 bits per heavy atom. The lowest BCUT2D eigenvalue weighted by molar-refractivity contribution is -0.139. The Hall–Kier alpha value is -2.77. The first-order valence-electron chi connectivity index (χ1n) is 9.60. The molecule has 1 atom stereocenters. The van der Waals surface area contributed by atoms with Crippen LogP contribution in [0.3, 0.4) is 0 Å². The molecule has 154 valence electrons. The summed E-state index contributed by atoms with van der Waals surface area (Å²) in [7, 11) is 0. The number of anilines is 1. The molecule has 8 heteroatoms. The van der Waals surface area contributed by atoms with Gasteiger partial charge in [0.1, 0.15) is 6.04 Å². The largest absolute Gasteiger partial charge is 0.463 e. The number of hydrogen-bond donors (Lipinski definition) is 1. The fourth-order valence-electron chi connectivity index (χ4n) is 3.37. The third-order valence-electron chi connectivity index (χ3n) is 4.70. The third kappa shape index (κ3) is 4.22. The minimum atomic E-state index is -0.474. The number of rotatable bonds is 6. The normalized spacial score (nSPS) is 15.5. The van der Waals surface area contributed by atoms with Crippen molar-refractivity contribution in [1.82, 2.24) is 14.8 Å². The number of thioether (sulfide) groups is 1. The van der Waals surface area contributed by atoms with Crippen molar-refractivity contribution in [2.45, 2.75) is 30.8 Å². The van der Waals surface area contributed by atoms with Gasteiger partial charge in [0.2, 0.25) is 11.1 Å². The van der Waals surface area contributed by atoms with Crippen LogP contribution in [-0.4, -0.2) is 27.3 Å². The molecule has 0 unspecified atom stereocenters. The number of ether oxygens (including phenoxy) is 1. The van der Waals surface area contributed by atoms with Crippen LogP contribution in [0.5, 0.6) is 0 Å². The molecule has 0 spiro atoms. The van der Waals surface area contributed by atoms with Crippen LogP contribution >= 0.6 is 23.4 Å². The molecule has 0 fully saturated rings. The molecule has 0 saturated carbocycles. The minimum Gasteiger partial charge on any atom is -0.463 e. The van der Waals surface area contributed by atoms with Crippen LogP contribution in [0.15, 0.2) is 71.0 Å². The molecule has 0 saturated heterocycles. The maximum atomic E-state index is 12.8. The lowest BCUT2D eigenvalue weighted by atomic mass is 9.96. The molecule has 2 aromatic carbocycles. The zero-order valence-electron chi connectivity index (χ0n) is 16.6. The highest BCUT2D eigenvalue weighted by Crippen LogP contribution is 2.37. The van der Waals surface area contributed by atoms with E-state index >= 15 is 0 Å². The molecular weight excluding hydrogens is 420 g/mol. The molecule has 1 aliphatic heterocycles. The molecule has 3 aromatic rings. The second kappa shape index (κ2) is 8.93. The second-order valence-electron chi connectivity index (χ2n) is 6.78. The van der Waals surface area contributed by atoms with Crippen molar-refractivity contribution in [3.8, 4) is 0 Å². The van der Waals surface area contributed by atoms with Gasteiger partial charge in [-0.25, -0.2) is 9.48 Å². The van der Waals surface area contributed by atoms with Gasteiger partial charge in [-0.15, -0.1) is 5.10 Å². The molecule has 0 bridgehead atoms. The fraction of sp³-hybridized carbons (Fsp3) is 0.227. The highest BCUT2D eigenvalue weighted by Gasteiger charge is 2.35. The Kier molecular flexibility index (Phi) is 6.11.